The lowest BCUT2D eigenvalue weighted by Crippen LogP contribution is -2.16. The van der Waals surface area contributed by atoms with E-state index in [1.54, 1.807) is 29.2 Å². The fourth-order valence-corrected chi connectivity index (χ4v) is 3.12. The van der Waals surface area contributed by atoms with Gasteiger partial charge in [0.2, 0.25) is 5.95 Å². The summed E-state index contributed by atoms with van der Waals surface area (Å²) in [7, 11) is 0. The highest BCUT2D eigenvalue weighted by Crippen LogP contribution is 2.19. The molecule has 146 valence electrons. The van der Waals surface area contributed by atoms with Gasteiger partial charge in [-0.3, -0.25) is 9.78 Å². The second-order valence-electron chi connectivity index (χ2n) is 6.15. The van der Waals surface area contributed by atoms with E-state index in [0.717, 1.165) is 15.7 Å². The zero-order valence-corrected chi connectivity index (χ0v) is 17.0. The number of hydrogen-bond acceptors (Lipinski definition) is 6. The smallest absolute Gasteiger partial charge is 0.270 e. The predicted octanol–water partition coefficient (Wildman–Crippen LogP) is 3.70. The van der Waals surface area contributed by atoms with Crippen molar-refractivity contribution in [2.75, 3.05) is 5.43 Å². The van der Waals surface area contributed by atoms with Gasteiger partial charge in [0.05, 0.1) is 28.3 Å². The molecule has 4 rings (SSSR count). The Balaban J connectivity index is 1.64. The van der Waals surface area contributed by atoms with Gasteiger partial charge in [0.25, 0.3) is 5.56 Å². The zero-order valence-electron chi connectivity index (χ0n) is 15.5. The van der Waals surface area contributed by atoms with Gasteiger partial charge in [-0.05, 0) is 22.0 Å². The van der Waals surface area contributed by atoms with Crippen LogP contribution in [0.1, 0.15) is 11.1 Å². The summed E-state index contributed by atoms with van der Waals surface area (Å²) in [5.41, 5.74) is 4.75. The fraction of sp³-hybridized carbons (Fsp3) is 0. The van der Waals surface area contributed by atoms with Crippen molar-refractivity contribution in [1.82, 2.24) is 19.7 Å². The number of H-pyrrole nitrogens is 1. The summed E-state index contributed by atoms with van der Waals surface area (Å²) in [6.45, 7) is 0. The average molecular weight is 460 g/mol. The third-order valence-electron chi connectivity index (χ3n) is 4.19. The summed E-state index contributed by atoms with van der Waals surface area (Å²) in [6, 6.07) is 18.6. The molecule has 2 aromatic carbocycles. The molecule has 0 radical (unpaired) electrons. The molecule has 2 N–H and O–H groups in total. The van der Waals surface area contributed by atoms with E-state index >= 15 is 0 Å². The summed E-state index contributed by atoms with van der Waals surface area (Å²) in [5.74, 6) is 0.133. The second kappa shape index (κ2) is 8.55. The molecule has 8 nitrogen and oxygen atoms in total. The van der Waals surface area contributed by atoms with E-state index in [4.69, 9.17) is 0 Å². The Morgan fingerprint density at radius 1 is 1.17 bits per heavy atom. The Labute approximate surface area is 179 Å². The Morgan fingerprint density at radius 3 is 2.67 bits per heavy atom. The molecule has 4 aromatic rings. The van der Waals surface area contributed by atoms with E-state index in [1.165, 1.54) is 0 Å². The van der Waals surface area contributed by atoms with E-state index in [-0.39, 0.29) is 11.5 Å². The molecule has 0 aliphatic rings. The molecule has 9 heteroatoms. The number of hydrazone groups is 1. The molecular formula is C21H14BrN7O. The number of hydrogen-bond donors (Lipinski definition) is 2. The van der Waals surface area contributed by atoms with Gasteiger partial charge in [0.15, 0.2) is 0 Å². The van der Waals surface area contributed by atoms with Crippen molar-refractivity contribution in [2.45, 2.75) is 0 Å². The first kappa shape index (κ1) is 19.3. The van der Waals surface area contributed by atoms with Crippen molar-refractivity contribution in [2.24, 2.45) is 5.10 Å². The standard InChI is InChI=1S/C21H14BrN7O/c22-16-12-25-29(13-16)18-9-5-4-8-15(18)11-24-28-21-26-19(14-6-2-1-3-7-14)17(10-23)20(30)27-21/h1-9,11-13H,(H2,26,27,28,30). The highest BCUT2D eigenvalue weighted by atomic mass is 79.9. The van der Waals surface area contributed by atoms with Gasteiger partial charge in [-0.25, -0.2) is 15.1 Å². The highest BCUT2D eigenvalue weighted by molar-refractivity contribution is 9.10. The first-order chi connectivity index (χ1) is 14.7. The van der Waals surface area contributed by atoms with Crippen LogP contribution >= 0.6 is 15.9 Å². The van der Waals surface area contributed by atoms with Crippen LogP contribution in [0, 0.1) is 11.3 Å². The van der Waals surface area contributed by atoms with Crippen molar-refractivity contribution in [3.63, 3.8) is 0 Å². The van der Waals surface area contributed by atoms with Crippen LogP contribution in [-0.4, -0.2) is 26.0 Å². The summed E-state index contributed by atoms with van der Waals surface area (Å²) >= 11 is 3.39. The van der Waals surface area contributed by atoms with Crippen LogP contribution in [0.25, 0.3) is 16.9 Å². The number of para-hydroxylation sites is 1. The van der Waals surface area contributed by atoms with Crippen molar-refractivity contribution >= 4 is 28.1 Å². The van der Waals surface area contributed by atoms with Crippen molar-refractivity contribution in [3.8, 4) is 23.0 Å². The van der Waals surface area contributed by atoms with Crippen molar-refractivity contribution < 1.29 is 0 Å². The molecule has 0 fully saturated rings. The topological polar surface area (TPSA) is 112 Å². The average Bonchev–Trinajstić information content (AvgIpc) is 3.20. The van der Waals surface area contributed by atoms with E-state index in [0.29, 0.717) is 11.3 Å². The minimum atomic E-state index is -0.536. The third-order valence-corrected chi connectivity index (χ3v) is 4.60. The lowest BCUT2D eigenvalue weighted by Gasteiger charge is -2.07. The molecular weight excluding hydrogens is 446 g/mol. The summed E-state index contributed by atoms with van der Waals surface area (Å²) in [4.78, 5) is 19.2. The molecule has 0 unspecified atom stereocenters. The molecule has 0 bridgehead atoms. The Bertz CT molecular complexity index is 1320. The second-order valence-corrected chi connectivity index (χ2v) is 7.06. The van der Waals surface area contributed by atoms with E-state index < -0.39 is 5.56 Å². The monoisotopic (exact) mass is 459 g/mol. The number of rotatable bonds is 5. The molecule has 2 aromatic heterocycles. The summed E-state index contributed by atoms with van der Waals surface area (Å²) in [6.07, 6.45) is 5.14. The summed E-state index contributed by atoms with van der Waals surface area (Å²) in [5, 5.41) is 17.8. The molecule has 0 aliphatic heterocycles. The van der Waals surface area contributed by atoms with Gasteiger partial charge >= 0.3 is 0 Å². The summed E-state index contributed by atoms with van der Waals surface area (Å²) < 4.78 is 2.58. The Morgan fingerprint density at radius 2 is 1.93 bits per heavy atom. The van der Waals surface area contributed by atoms with Crippen LogP contribution in [0.15, 0.2) is 81.4 Å². The van der Waals surface area contributed by atoms with E-state index in [2.05, 4.69) is 41.5 Å². The van der Waals surface area contributed by atoms with E-state index in [1.807, 2.05) is 54.7 Å². The predicted molar refractivity (Wildman–Crippen MR) is 117 cm³/mol. The van der Waals surface area contributed by atoms with E-state index in [9.17, 15) is 10.1 Å². The maximum atomic E-state index is 12.3. The molecule has 30 heavy (non-hydrogen) atoms. The number of benzene rings is 2. The molecule has 2 heterocycles. The van der Waals surface area contributed by atoms with Gasteiger partial charge < -0.3 is 0 Å². The molecule has 0 spiro atoms. The largest absolute Gasteiger partial charge is 0.290 e. The van der Waals surface area contributed by atoms with Gasteiger partial charge in [-0.1, -0.05) is 48.5 Å². The normalized spacial score (nSPS) is 10.8. The lowest BCUT2D eigenvalue weighted by atomic mass is 10.1. The Hall–Kier alpha value is -4.03. The number of halogens is 1. The first-order valence-corrected chi connectivity index (χ1v) is 9.63. The van der Waals surface area contributed by atoms with Gasteiger partial charge in [-0.2, -0.15) is 15.5 Å². The minimum absolute atomic E-state index is 0.0506. The maximum Gasteiger partial charge on any atom is 0.270 e. The van der Waals surface area contributed by atoms with Crippen LogP contribution in [0.5, 0.6) is 0 Å². The third kappa shape index (κ3) is 4.04. The van der Waals surface area contributed by atoms with Gasteiger partial charge in [0.1, 0.15) is 11.6 Å². The fourth-order valence-electron chi connectivity index (χ4n) is 2.84. The van der Waals surface area contributed by atoms with Gasteiger partial charge in [0, 0.05) is 17.3 Å². The molecule has 0 saturated carbocycles. The highest BCUT2D eigenvalue weighted by Gasteiger charge is 2.13. The maximum absolute atomic E-state index is 12.3. The number of nitriles is 1. The molecule has 0 saturated heterocycles. The minimum Gasteiger partial charge on any atom is -0.290 e. The van der Waals surface area contributed by atoms with Crippen LogP contribution in [-0.2, 0) is 0 Å². The number of aromatic nitrogens is 4. The van der Waals surface area contributed by atoms with Crippen LogP contribution in [0.3, 0.4) is 0 Å². The zero-order chi connectivity index (χ0) is 20.9. The number of nitrogens with zero attached hydrogens (tertiary/aromatic N) is 5. The lowest BCUT2D eigenvalue weighted by molar-refractivity contribution is 0.879. The molecule has 0 amide bonds. The SMILES string of the molecule is N#Cc1c(-c2ccccc2)nc(NN=Cc2ccccc2-n2cc(Br)cn2)[nH]c1=O. The molecule has 0 aliphatic carbocycles. The van der Waals surface area contributed by atoms with Crippen LogP contribution in [0.4, 0.5) is 5.95 Å². The number of anilines is 1. The quantitative estimate of drug-likeness (QED) is 0.349. The molecule has 0 atom stereocenters. The Kier molecular flexibility index (Phi) is 5.50. The number of aromatic amines is 1. The van der Waals surface area contributed by atoms with Crippen molar-refractivity contribution in [3.05, 3.63) is 92.9 Å². The van der Waals surface area contributed by atoms with Gasteiger partial charge in [-0.15, -0.1) is 0 Å². The van der Waals surface area contributed by atoms with Crippen molar-refractivity contribution in [1.29, 1.82) is 5.26 Å². The number of nitrogens with one attached hydrogen (secondary N) is 2. The van der Waals surface area contributed by atoms with Crippen LogP contribution < -0.4 is 11.0 Å². The van der Waals surface area contributed by atoms with Crippen LogP contribution in [0.2, 0.25) is 0 Å². The first-order valence-electron chi connectivity index (χ1n) is 8.84.